The van der Waals surface area contributed by atoms with Crippen LogP contribution in [0.25, 0.3) is 10.9 Å². The molecule has 19 heavy (non-hydrogen) atoms. The molecule has 1 aromatic heterocycles. The molecule has 4 heteroatoms. The molecule has 2 N–H and O–H groups in total. The van der Waals surface area contributed by atoms with Crippen molar-refractivity contribution in [3.63, 3.8) is 0 Å². The maximum absolute atomic E-state index is 11.1. The highest BCUT2D eigenvalue weighted by Gasteiger charge is 2.09. The lowest BCUT2D eigenvalue weighted by Crippen LogP contribution is -2.06. The number of hydrogen-bond donors (Lipinski definition) is 2. The molecule has 0 saturated carbocycles. The molecule has 4 nitrogen and oxygen atoms in total. The molecule has 0 amide bonds. The van der Waals surface area contributed by atoms with Gasteiger partial charge in [-0.3, -0.25) is 0 Å². The van der Waals surface area contributed by atoms with Gasteiger partial charge in [0.05, 0.1) is 5.52 Å². The summed E-state index contributed by atoms with van der Waals surface area (Å²) in [6.07, 6.45) is 0.718. The molecule has 0 spiro atoms. The third kappa shape index (κ3) is 3.02. The molecule has 0 bridgehead atoms. The maximum Gasteiger partial charge on any atom is 0.354 e. The van der Waals surface area contributed by atoms with Gasteiger partial charge in [-0.2, -0.15) is 0 Å². The molecule has 0 aliphatic rings. The van der Waals surface area contributed by atoms with Gasteiger partial charge in [-0.05, 0) is 19.1 Å². The van der Waals surface area contributed by atoms with Crippen LogP contribution in [0.3, 0.4) is 0 Å². The summed E-state index contributed by atoms with van der Waals surface area (Å²) < 4.78 is 0. The van der Waals surface area contributed by atoms with Crippen molar-refractivity contribution in [3.8, 4) is 11.8 Å². The zero-order valence-corrected chi connectivity index (χ0v) is 10.6. The van der Waals surface area contributed by atoms with Gasteiger partial charge in [0.1, 0.15) is 0 Å². The monoisotopic (exact) mass is 254 g/mol. The Morgan fingerprint density at radius 3 is 2.95 bits per heavy atom. The molecule has 0 fully saturated rings. The van der Waals surface area contributed by atoms with E-state index in [2.05, 4.69) is 22.1 Å². The van der Waals surface area contributed by atoms with E-state index < -0.39 is 5.97 Å². The number of aromatic nitrogens is 1. The van der Waals surface area contributed by atoms with Crippen molar-refractivity contribution in [3.05, 3.63) is 36.0 Å². The molecule has 2 aromatic rings. The number of anilines is 1. The molecule has 96 valence electrons. The van der Waals surface area contributed by atoms with E-state index in [1.807, 2.05) is 18.2 Å². The number of carboxylic acid groups (broad SMARTS) is 1. The Morgan fingerprint density at radius 2 is 2.21 bits per heavy atom. The number of benzene rings is 1. The van der Waals surface area contributed by atoms with Gasteiger partial charge in [-0.15, -0.1) is 11.8 Å². The van der Waals surface area contributed by atoms with Crippen molar-refractivity contribution in [1.29, 1.82) is 0 Å². The highest BCUT2D eigenvalue weighted by atomic mass is 16.4. The Bertz CT molecular complexity index is 669. The molecular formula is C15H14N2O2. The van der Waals surface area contributed by atoms with E-state index in [1.165, 1.54) is 0 Å². The van der Waals surface area contributed by atoms with E-state index in [0.29, 0.717) is 12.1 Å². The van der Waals surface area contributed by atoms with E-state index in [1.54, 1.807) is 19.1 Å². The van der Waals surface area contributed by atoms with Crippen molar-refractivity contribution in [2.24, 2.45) is 0 Å². The Balaban J connectivity index is 2.37. The lowest BCUT2D eigenvalue weighted by molar-refractivity contribution is 0.0691. The zero-order valence-electron chi connectivity index (χ0n) is 10.6. The minimum absolute atomic E-state index is 0.0442. The van der Waals surface area contributed by atoms with Crippen LogP contribution in [0.4, 0.5) is 5.69 Å². The number of hydrogen-bond acceptors (Lipinski definition) is 3. The molecule has 2 rings (SSSR count). The van der Waals surface area contributed by atoms with Crippen LogP contribution in [-0.4, -0.2) is 22.6 Å². The lowest BCUT2D eigenvalue weighted by Gasteiger charge is -2.09. The van der Waals surface area contributed by atoms with E-state index >= 15 is 0 Å². The van der Waals surface area contributed by atoms with Gasteiger partial charge in [-0.1, -0.05) is 18.2 Å². The van der Waals surface area contributed by atoms with Crippen LogP contribution >= 0.6 is 0 Å². The van der Waals surface area contributed by atoms with E-state index in [4.69, 9.17) is 5.11 Å². The fourth-order valence-electron chi connectivity index (χ4n) is 1.82. The number of carboxylic acids is 1. The number of aromatic carboxylic acids is 1. The number of carbonyl (C=O) groups is 1. The summed E-state index contributed by atoms with van der Waals surface area (Å²) in [5, 5.41) is 13.2. The van der Waals surface area contributed by atoms with Gasteiger partial charge in [0.25, 0.3) is 0 Å². The molecule has 0 aliphatic carbocycles. The van der Waals surface area contributed by atoms with Crippen molar-refractivity contribution >= 4 is 22.6 Å². The Kier molecular flexibility index (Phi) is 3.99. The summed E-state index contributed by atoms with van der Waals surface area (Å²) in [5.74, 6) is 4.76. The minimum atomic E-state index is -1.03. The van der Waals surface area contributed by atoms with Crippen LogP contribution in [0.1, 0.15) is 23.8 Å². The molecule has 0 unspecified atom stereocenters. The smallest absolute Gasteiger partial charge is 0.354 e. The van der Waals surface area contributed by atoms with Crippen molar-refractivity contribution in [1.82, 2.24) is 4.98 Å². The first-order valence-electron chi connectivity index (χ1n) is 5.99. The number of nitrogens with one attached hydrogen (secondary N) is 1. The lowest BCUT2D eigenvalue weighted by atomic mass is 10.1. The first-order valence-corrected chi connectivity index (χ1v) is 5.99. The maximum atomic E-state index is 11.1. The Labute approximate surface area is 111 Å². The number of rotatable bonds is 4. The number of nitrogens with zero attached hydrogens (tertiary/aromatic N) is 1. The fourth-order valence-corrected chi connectivity index (χ4v) is 1.82. The quantitative estimate of drug-likeness (QED) is 0.650. The molecule has 0 radical (unpaired) electrons. The Morgan fingerprint density at radius 1 is 1.42 bits per heavy atom. The van der Waals surface area contributed by atoms with Crippen LogP contribution in [0, 0.1) is 11.8 Å². The second kappa shape index (κ2) is 5.87. The van der Waals surface area contributed by atoms with Gasteiger partial charge in [0.2, 0.25) is 0 Å². The average Bonchev–Trinajstić information content (AvgIpc) is 2.43. The molecule has 1 heterocycles. The van der Waals surface area contributed by atoms with Crippen LogP contribution < -0.4 is 5.32 Å². The van der Waals surface area contributed by atoms with Gasteiger partial charge >= 0.3 is 5.97 Å². The van der Waals surface area contributed by atoms with Crippen LogP contribution in [0.2, 0.25) is 0 Å². The molecule has 1 aromatic carbocycles. The summed E-state index contributed by atoms with van der Waals surface area (Å²) in [5.41, 5.74) is 1.50. The number of fused-ring (bicyclic) bond motifs is 1. The van der Waals surface area contributed by atoms with Crippen LogP contribution in [0.5, 0.6) is 0 Å². The second-order valence-corrected chi connectivity index (χ2v) is 3.98. The fraction of sp³-hybridized carbons (Fsp3) is 0.200. The predicted molar refractivity (Wildman–Crippen MR) is 75.3 cm³/mol. The highest BCUT2D eigenvalue weighted by molar-refractivity contribution is 5.97. The van der Waals surface area contributed by atoms with Gasteiger partial charge in [0.15, 0.2) is 5.69 Å². The minimum Gasteiger partial charge on any atom is -0.477 e. The topological polar surface area (TPSA) is 62.2 Å². The van der Waals surface area contributed by atoms with Crippen LogP contribution in [-0.2, 0) is 0 Å². The van der Waals surface area contributed by atoms with E-state index in [-0.39, 0.29) is 5.69 Å². The summed E-state index contributed by atoms with van der Waals surface area (Å²) >= 11 is 0. The summed E-state index contributed by atoms with van der Waals surface area (Å²) in [4.78, 5) is 15.2. The normalized spacial score (nSPS) is 9.74. The third-order valence-corrected chi connectivity index (χ3v) is 2.68. The molecule has 0 atom stereocenters. The average molecular weight is 254 g/mol. The zero-order chi connectivity index (χ0) is 13.7. The van der Waals surface area contributed by atoms with E-state index in [0.717, 1.165) is 17.5 Å². The van der Waals surface area contributed by atoms with Crippen molar-refractivity contribution in [2.75, 3.05) is 11.9 Å². The molecule has 0 saturated heterocycles. The highest BCUT2D eigenvalue weighted by Crippen LogP contribution is 2.23. The third-order valence-electron chi connectivity index (χ3n) is 2.68. The summed E-state index contributed by atoms with van der Waals surface area (Å²) in [6, 6.07) is 9.03. The van der Waals surface area contributed by atoms with Crippen molar-refractivity contribution < 1.29 is 9.90 Å². The van der Waals surface area contributed by atoms with Crippen molar-refractivity contribution in [2.45, 2.75) is 13.3 Å². The molecular weight excluding hydrogens is 240 g/mol. The Hall–Kier alpha value is -2.54. The predicted octanol–water partition coefficient (Wildman–Crippen LogP) is 2.76. The van der Waals surface area contributed by atoms with Gasteiger partial charge in [0, 0.05) is 24.0 Å². The standard InChI is InChI=1S/C15H14N2O2/c1-2-3-6-9-16-13-10-14(15(18)19)17-12-8-5-4-7-11(12)13/h4-5,7-8,10H,6,9H2,1H3,(H,16,17)(H,18,19). The van der Waals surface area contributed by atoms with Crippen LogP contribution in [0.15, 0.2) is 30.3 Å². The molecule has 0 aliphatic heterocycles. The number of pyridine rings is 1. The largest absolute Gasteiger partial charge is 0.477 e. The first-order chi connectivity index (χ1) is 9.22. The number of para-hydroxylation sites is 1. The second-order valence-electron chi connectivity index (χ2n) is 3.98. The SMILES string of the molecule is CC#CCCNc1cc(C(=O)O)nc2ccccc12. The van der Waals surface area contributed by atoms with Gasteiger partial charge < -0.3 is 10.4 Å². The summed E-state index contributed by atoms with van der Waals surface area (Å²) in [7, 11) is 0. The summed E-state index contributed by atoms with van der Waals surface area (Å²) in [6.45, 7) is 2.47. The van der Waals surface area contributed by atoms with Gasteiger partial charge in [-0.25, -0.2) is 9.78 Å². The van der Waals surface area contributed by atoms with E-state index in [9.17, 15) is 4.79 Å². The first kappa shape index (κ1) is 12.9.